The monoisotopic (exact) mass is 322 g/mol. The number of hydrogen-bond acceptors (Lipinski definition) is 3. The van der Waals surface area contributed by atoms with E-state index >= 15 is 0 Å². The third kappa shape index (κ3) is 2.73. The molecule has 0 aliphatic heterocycles. The number of rotatable bonds is 3. The Bertz CT molecular complexity index is 687. The second-order valence-electron chi connectivity index (χ2n) is 6.15. The lowest BCUT2D eigenvalue weighted by Crippen LogP contribution is -2.51. The lowest BCUT2D eigenvalue weighted by Gasteiger charge is -2.28. The van der Waals surface area contributed by atoms with Crippen LogP contribution in [0.15, 0.2) is 22.6 Å². The molecule has 0 radical (unpaired) electrons. The van der Waals surface area contributed by atoms with E-state index < -0.39 is 0 Å². The number of fused-ring (bicyclic) bond motifs is 1. The Labute approximate surface area is 136 Å². The number of amides is 1. The van der Waals surface area contributed by atoms with Crippen molar-refractivity contribution in [1.29, 1.82) is 0 Å². The van der Waals surface area contributed by atoms with E-state index in [4.69, 9.17) is 10.2 Å². The first-order valence-electron chi connectivity index (χ1n) is 7.58. The fraction of sp³-hybridized carbons (Fsp3) is 0.471. The van der Waals surface area contributed by atoms with E-state index in [2.05, 4.69) is 5.32 Å². The van der Waals surface area contributed by atoms with E-state index in [0.29, 0.717) is 12.3 Å². The molecular weight excluding hydrogens is 300 g/mol. The van der Waals surface area contributed by atoms with Gasteiger partial charge in [0.05, 0.1) is 5.54 Å². The Kier molecular flexibility index (Phi) is 4.83. The van der Waals surface area contributed by atoms with Crippen molar-refractivity contribution in [2.45, 2.75) is 45.1 Å². The molecule has 1 aliphatic carbocycles. The van der Waals surface area contributed by atoms with Crippen molar-refractivity contribution in [3.63, 3.8) is 0 Å². The number of carbonyl (C=O) groups excluding carboxylic acids is 1. The molecule has 1 saturated carbocycles. The van der Waals surface area contributed by atoms with Crippen molar-refractivity contribution in [3.8, 4) is 0 Å². The SMILES string of the molecule is Cc1c(C(=O)NC2(CN)CCCC2)oc2c(C)cccc12.Cl. The number of nitrogens with two attached hydrogens (primary N) is 1. The largest absolute Gasteiger partial charge is 0.450 e. The molecule has 3 rings (SSSR count). The van der Waals surface area contributed by atoms with Crippen molar-refractivity contribution >= 4 is 29.3 Å². The van der Waals surface area contributed by atoms with Gasteiger partial charge in [-0.2, -0.15) is 0 Å². The molecule has 1 heterocycles. The van der Waals surface area contributed by atoms with E-state index in [-0.39, 0.29) is 23.9 Å². The minimum atomic E-state index is -0.252. The first kappa shape index (κ1) is 16.8. The maximum absolute atomic E-state index is 12.6. The van der Waals surface area contributed by atoms with Crippen LogP contribution in [0.3, 0.4) is 0 Å². The van der Waals surface area contributed by atoms with Gasteiger partial charge in [0.2, 0.25) is 0 Å². The Morgan fingerprint density at radius 2 is 2.00 bits per heavy atom. The zero-order valence-corrected chi connectivity index (χ0v) is 13.9. The van der Waals surface area contributed by atoms with E-state index in [1.165, 1.54) is 0 Å². The van der Waals surface area contributed by atoms with Crippen LogP contribution < -0.4 is 11.1 Å². The van der Waals surface area contributed by atoms with Gasteiger partial charge in [0.25, 0.3) is 5.91 Å². The predicted molar refractivity (Wildman–Crippen MR) is 90.7 cm³/mol. The molecular formula is C17H23ClN2O2. The zero-order chi connectivity index (χ0) is 15.0. The Morgan fingerprint density at radius 1 is 1.32 bits per heavy atom. The van der Waals surface area contributed by atoms with E-state index in [1.54, 1.807) is 0 Å². The third-order valence-corrected chi connectivity index (χ3v) is 4.70. The van der Waals surface area contributed by atoms with Crippen LogP contribution in [-0.2, 0) is 0 Å². The molecule has 0 unspecified atom stereocenters. The Morgan fingerprint density at radius 3 is 2.59 bits per heavy atom. The summed E-state index contributed by atoms with van der Waals surface area (Å²) in [6.07, 6.45) is 4.15. The third-order valence-electron chi connectivity index (χ3n) is 4.70. The summed E-state index contributed by atoms with van der Waals surface area (Å²) in [7, 11) is 0. The molecule has 1 aromatic heterocycles. The maximum Gasteiger partial charge on any atom is 0.287 e. The summed E-state index contributed by atoms with van der Waals surface area (Å²) >= 11 is 0. The van der Waals surface area contributed by atoms with Crippen LogP contribution in [0.1, 0.15) is 47.4 Å². The fourth-order valence-corrected chi connectivity index (χ4v) is 3.33. The molecule has 1 aliphatic rings. The zero-order valence-electron chi connectivity index (χ0n) is 13.1. The summed E-state index contributed by atoms with van der Waals surface area (Å²) in [5.41, 5.74) is 8.38. The normalized spacial score (nSPS) is 16.5. The number of carbonyl (C=O) groups is 1. The molecule has 22 heavy (non-hydrogen) atoms. The molecule has 1 aromatic carbocycles. The summed E-state index contributed by atoms with van der Waals surface area (Å²) in [5, 5.41) is 4.13. The molecule has 4 nitrogen and oxygen atoms in total. The van der Waals surface area contributed by atoms with Gasteiger partial charge in [-0.3, -0.25) is 4.79 Å². The highest BCUT2D eigenvalue weighted by molar-refractivity contribution is 5.99. The summed E-state index contributed by atoms with van der Waals surface area (Å²) in [4.78, 5) is 12.6. The topological polar surface area (TPSA) is 68.3 Å². The number of nitrogens with one attached hydrogen (secondary N) is 1. The highest BCUT2D eigenvalue weighted by Gasteiger charge is 2.35. The van der Waals surface area contributed by atoms with Gasteiger partial charge >= 0.3 is 0 Å². The highest BCUT2D eigenvalue weighted by Crippen LogP contribution is 2.31. The van der Waals surface area contributed by atoms with Crippen molar-refractivity contribution < 1.29 is 9.21 Å². The molecule has 0 saturated heterocycles. The summed E-state index contributed by atoms with van der Waals surface area (Å²) < 4.78 is 5.84. The van der Waals surface area contributed by atoms with Crippen LogP contribution in [0.5, 0.6) is 0 Å². The van der Waals surface area contributed by atoms with E-state index in [1.807, 2.05) is 32.0 Å². The van der Waals surface area contributed by atoms with E-state index in [0.717, 1.165) is 47.8 Å². The van der Waals surface area contributed by atoms with Gasteiger partial charge in [0.15, 0.2) is 5.76 Å². The van der Waals surface area contributed by atoms with E-state index in [9.17, 15) is 4.79 Å². The lowest BCUT2D eigenvalue weighted by atomic mass is 9.97. The molecule has 120 valence electrons. The molecule has 0 spiro atoms. The number of hydrogen-bond donors (Lipinski definition) is 2. The van der Waals surface area contributed by atoms with Gasteiger partial charge < -0.3 is 15.5 Å². The van der Waals surface area contributed by atoms with Gasteiger partial charge in [-0.1, -0.05) is 31.0 Å². The lowest BCUT2D eigenvalue weighted by molar-refractivity contribution is 0.0876. The first-order valence-corrected chi connectivity index (χ1v) is 7.58. The smallest absolute Gasteiger partial charge is 0.287 e. The number of para-hydroxylation sites is 1. The average Bonchev–Trinajstić information content (AvgIpc) is 3.06. The van der Waals surface area contributed by atoms with Crippen molar-refractivity contribution in [2.24, 2.45) is 5.73 Å². The van der Waals surface area contributed by atoms with Gasteiger partial charge in [-0.15, -0.1) is 12.4 Å². The van der Waals surface area contributed by atoms with Gasteiger partial charge in [0, 0.05) is 17.5 Å². The fourth-order valence-electron chi connectivity index (χ4n) is 3.33. The number of halogens is 1. The van der Waals surface area contributed by atoms with Gasteiger partial charge in [-0.05, 0) is 32.3 Å². The highest BCUT2D eigenvalue weighted by atomic mass is 35.5. The van der Waals surface area contributed by atoms with Crippen molar-refractivity contribution in [1.82, 2.24) is 5.32 Å². The van der Waals surface area contributed by atoms with Gasteiger partial charge in [-0.25, -0.2) is 0 Å². The minimum Gasteiger partial charge on any atom is -0.450 e. The van der Waals surface area contributed by atoms with Crippen LogP contribution in [0.4, 0.5) is 0 Å². The molecule has 2 aromatic rings. The summed E-state index contributed by atoms with van der Waals surface area (Å²) in [5.74, 6) is 0.273. The molecule has 0 atom stereocenters. The Balaban J connectivity index is 0.00000176. The van der Waals surface area contributed by atoms with Crippen LogP contribution in [0, 0.1) is 13.8 Å². The number of furan rings is 1. The number of benzene rings is 1. The average molecular weight is 323 g/mol. The van der Waals surface area contributed by atoms with Crippen LogP contribution in [-0.4, -0.2) is 18.0 Å². The second-order valence-corrected chi connectivity index (χ2v) is 6.15. The van der Waals surface area contributed by atoms with Crippen molar-refractivity contribution in [3.05, 3.63) is 35.1 Å². The van der Waals surface area contributed by atoms with Crippen LogP contribution >= 0.6 is 12.4 Å². The summed E-state index contributed by atoms with van der Waals surface area (Å²) in [6.45, 7) is 4.41. The standard InChI is InChI=1S/C17H22N2O2.ClH/c1-11-6-5-7-13-12(2)15(21-14(11)13)16(20)19-17(10-18)8-3-4-9-17;/h5-7H,3-4,8-10,18H2,1-2H3,(H,19,20);1H. The Hall–Kier alpha value is -1.52. The first-order chi connectivity index (χ1) is 10.1. The number of aryl methyl sites for hydroxylation is 2. The quantitative estimate of drug-likeness (QED) is 0.909. The van der Waals surface area contributed by atoms with Crippen LogP contribution in [0.2, 0.25) is 0 Å². The molecule has 0 bridgehead atoms. The minimum absolute atomic E-state index is 0. The summed E-state index contributed by atoms with van der Waals surface area (Å²) in [6, 6.07) is 5.97. The second kappa shape index (κ2) is 6.31. The maximum atomic E-state index is 12.6. The molecule has 5 heteroatoms. The van der Waals surface area contributed by atoms with Crippen LogP contribution in [0.25, 0.3) is 11.0 Å². The molecule has 1 amide bonds. The predicted octanol–water partition coefficient (Wildman–Crippen LogP) is 3.47. The molecule has 1 fully saturated rings. The van der Waals surface area contributed by atoms with Gasteiger partial charge in [0.1, 0.15) is 5.58 Å². The van der Waals surface area contributed by atoms with Crippen molar-refractivity contribution in [2.75, 3.05) is 6.54 Å². The molecule has 3 N–H and O–H groups in total.